The number of nitro groups is 1. The zero-order chi connectivity index (χ0) is 25.4. The fourth-order valence-corrected chi connectivity index (χ4v) is 3.50. The van der Waals surface area contributed by atoms with Crippen LogP contribution in [0.4, 0.5) is 11.4 Å². The molecule has 0 saturated heterocycles. The first-order chi connectivity index (χ1) is 16.8. The zero-order valence-corrected chi connectivity index (χ0v) is 19.1. The number of carbonyl (C=O) groups excluding carboxylic acids is 2. The van der Waals surface area contributed by atoms with E-state index in [0.717, 1.165) is 0 Å². The molecule has 0 heterocycles. The standard InChI is InChI=1S/C26H22N4O5/c1-3-35-25(32)18(2)28-29-22-14-12-21(13-15-22)26(17-27,20-9-5-4-6-10-20)24(31)19-8-7-11-23(16-19)30(33)34/h4-16,29H,3H2,1-2H3/b28-18+. The Morgan fingerprint density at radius 3 is 2.31 bits per heavy atom. The van der Waals surface area contributed by atoms with Gasteiger partial charge in [-0.25, -0.2) is 4.79 Å². The monoisotopic (exact) mass is 470 g/mol. The van der Waals surface area contributed by atoms with Gasteiger partial charge in [-0.2, -0.15) is 10.4 Å². The maximum atomic E-state index is 13.8. The Morgan fingerprint density at radius 1 is 1.06 bits per heavy atom. The van der Waals surface area contributed by atoms with Crippen molar-refractivity contribution in [3.05, 3.63) is 106 Å². The van der Waals surface area contributed by atoms with Gasteiger partial charge in [-0.1, -0.05) is 54.6 Å². The molecule has 0 radical (unpaired) electrons. The van der Waals surface area contributed by atoms with Gasteiger partial charge in [0.05, 0.1) is 23.3 Å². The number of nitrogens with one attached hydrogen (secondary N) is 1. The molecule has 0 amide bonds. The van der Waals surface area contributed by atoms with Crippen LogP contribution in [0.1, 0.15) is 35.3 Å². The van der Waals surface area contributed by atoms with Crippen LogP contribution < -0.4 is 5.43 Å². The lowest BCUT2D eigenvalue weighted by atomic mass is 9.70. The Hall–Kier alpha value is -4.84. The topological polar surface area (TPSA) is 135 Å². The third-order valence-electron chi connectivity index (χ3n) is 5.28. The first-order valence-corrected chi connectivity index (χ1v) is 10.7. The summed E-state index contributed by atoms with van der Waals surface area (Å²) < 4.78 is 4.89. The van der Waals surface area contributed by atoms with Crippen molar-refractivity contribution in [2.75, 3.05) is 12.0 Å². The molecule has 9 nitrogen and oxygen atoms in total. The van der Waals surface area contributed by atoms with Gasteiger partial charge in [-0.15, -0.1) is 0 Å². The van der Waals surface area contributed by atoms with Crippen LogP contribution in [0.25, 0.3) is 0 Å². The summed E-state index contributed by atoms with van der Waals surface area (Å²) in [6, 6.07) is 22.4. The Kier molecular flexibility index (Phi) is 7.69. The van der Waals surface area contributed by atoms with Crippen LogP contribution in [0.3, 0.4) is 0 Å². The average Bonchev–Trinajstić information content (AvgIpc) is 2.89. The van der Waals surface area contributed by atoms with Crippen molar-refractivity contribution in [3.8, 4) is 6.07 Å². The second kappa shape index (κ2) is 10.9. The first-order valence-electron chi connectivity index (χ1n) is 10.7. The maximum absolute atomic E-state index is 13.8. The molecule has 0 aliphatic heterocycles. The lowest BCUT2D eigenvalue weighted by Crippen LogP contribution is -2.36. The minimum atomic E-state index is -1.75. The maximum Gasteiger partial charge on any atom is 0.354 e. The van der Waals surface area contributed by atoms with Crippen molar-refractivity contribution >= 4 is 28.8 Å². The number of non-ortho nitro benzene ring substituents is 1. The molecule has 1 unspecified atom stereocenters. The number of ketones is 1. The van der Waals surface area contributed by atoms with E-state index in [2.05, 4.69) is 16.6 Å². The molecule has 1 N–H and O–H groups in total. The van der Waals surface area contributed by atoms with Crippen LogP contribution >= 0.6 is 0 Å². The number of Topliss-reactive ketones (excluding diaryl/α,β-unsaturated/α-hetero) is 1. The van der Waals surface area contributed by atoms with Crippen molar-refractivity contribution in [1.82, 2.24) is 0 Å². The van der Waals surface area contributed by atoms with E-state index >= 15 is 0 Å². The molecule has 3 aromatic rings. The third kappa shape index (κ3) is 5.23. The molecule has 0 aliphatic carbocycles. The molecule has 0 spiro atoms. The highest BCUT2D eigenvalue weighted by atomic mass is 16.6. The number of benzene rings is 3. The quantitative estimate of drug-likeness (QED) is 0.158. The Balaban J connectivity index is 2.05. The van der Waals surface area contributed by atoms with Crippen LogP contribution in [0.2, 0.25) is 0 Å². The number of rotatable bonds is 9. The first kappa shape index (κ1) is 24.8. The Labute approximate surface area is 201 Å². The fraction of sp³-hybridized carbons (Fsp3) is 0.154. The Morgan fingerprint density at radius 2 is 1.71 bits per heavy atom. The van der Waals surface area contributed by atoms with Crippen molar-refractivity contribution in [1.29, 1.82) is 5.26 Å². The molecular formula is C26H22N4O5. The normalized spacial score (nSPS) is 12.7. The minimum absolute atomic E-state index is 0.0430. The highest BCUT2D eigenvalue weighted by molar-refractivity contribution is 6.35. The van der Waals surface area contributed by atoms with Gasteiger partial charge in [0.15, 0.2) is 11.2 Å². The summed E-state index contributed by atoms with van der Waals surface area (Å²) in [6.07, 6.45) is 0. The molecule has 176 valence electrons. The number of anilines is 1. The van der Waals surface area contributed by atoms with Crippen LogP contribution in [0.5, 0.6) is 0 Å². The fourth-order valence-electron chi connectivity index (χ4n) is 3.50. The van der Waals surface area contributed by atoms with Gasteiger partial charge in [0.25, 0.3) is 5.69 Å². The number of nitrogens with zero attached hydrogens (tertiary/aromatic N) is 3. The number of esters is 1. The predicted octanol–water partition coefficient (Wildman–Crippen LogP) is 4.64. The van der Waals surface area contributed by atoms with Crippen molar-refractivity contribution in [3.63, 3.8) is 0 Å². The van der Waals surface area contributed by atoms with Crippen molar-refractivity contribution in [2.45, 2.75) is 19.3 Å². The highest BCUT2D eigenvalue weighted by Crippen LogP contribution is 2.36. The SMILES string of the molecule is CCOC(=O)/C(C)=N/Nc1ccc(C(C#N)(C(=O)c2cccc([N+](=O)[O-])c2)c2ccccc2)cc1. The molecule has 0 saturated carbocycles. The smallest absolute Gasteiger partial charge is 0.354 e. The molecule has 0 aliphatic rings. The second-order valence-electron chi connectivity index (χ2n) is 7.47. The van der Waals surface area contributed by atoms with Gasteiger partial charge < -0.3 is 4.74 Å². The van der Waals surface area contributed by atoms with Gasteiger partial charge >= 0.3 is 5.97 Å². The summed E-state index contributed by atoms with van der Waals surface area (Å²) in [6.45, 7) is 3.43. The number of hydrogen-bond donors (Lipinski definition) is 1. The summed E-state index contributed by atoms with van der Waals surface area (Å²) in [4.78, 5) is 36.1. The second-order valence-corrected chi connectivity index (χ2v) is 7.47. The number of hydrogen-bond acceptors (Lipinski definition) is 8. The number of ether oxygens (including phenoxy) is 1. The summed E-state index contributed by atoms with van der Waals surface area (Å²) >= 11 is 0. The van der Waals surface area contributed by atoms with Gasteiger partial charge in [0.1, 0.15) is 5.71 Å². The average molecular weight is 470 g/mol. The third-order valence-corrected chi connectivity index (χ3v) is 5.28. The lowest BCUT2D eigenvalue weighted by molar-refractivity contribution is -0.384. The highest BCUT2D eigenvalue weighted by Gasteiger charge is 2.43. The largest absolute Gasteiger partial charge is 0.461 e. The number of nitro benzene ring substituents is 1. The van der Waals surface area contributed by atoms with Crippen LogP contribution in [0, 0.1) is 21.4 Å². The minimum Gasteiger partial charge on any atom is -0.461 e. The van der Waals surface area contributed by atoms with Gasteiger partial charge in [-0.05, 0) is 37.1 Å². The van der Waals surface area contributed by atoms with E-state index in [-0.39, 0.29) is 23.6 Å². The van der Waals surface area contributed by atoms with Crippen molar-refractivity contribution < 1.29 is 19.2 Å². The summed E-state index contributed by atoms with van der Waals surface area (Å²) in [5.41, 5.74) is 2.24. The van der Waals surface area contributed by atoms with E-state index in [0.29, 0.717) is 16.8 Å². The van der Waals surface area contributed by atoms with E-state index in [9.17, 15) is 25.0 Å². The summed E-state index contributed by atoms with van der Waals surface area (Å²) in [5, 5.41) is 25.6. The van der Waals surface area contributed by atoms with E-state index < -0.39 is 22.1 Å². The molecule has 0 fully saturated rings. The van der Waals surface area contributed by atoms with Crippen LogP contribution in [-0.4, -0.2) is 29.0 Å². The molecule has 1 atom stereocenters. The van der Waals surface area contributed by atoms with Gasteiger partial charge in [-0.3, -0.25) is 20.3 Å². The number of nitriles is 1. The van der Waals surface area contributed by atoms with Gasteiger partial charge in [0.2, 0.25) is 0 Å². The number of hydrazone groups is 1. The lowest BCUT2D eigenvalue weighted by Gasteiger charge is -2.26. The van der Waals surface area contributed by atoms with Crippen molar-refractivity contribution in [2.24, 2.45) is 5.10 Å². The molecule has 0 bridgehead atoms. The number of carbonyl (C=O) groups is 2. The van der Waals surface area contributed by atoms with Gasteiger partial charge in [0, 0.05) is 17.7 Å². The van der Waals surface area contributed by atoms with Crippen LogP contribution in [-0.2, 0) is 14.9 Å². The summed E-state index contributed by atoms with van der Waals surface area (Å²) in [5.74, 6) is -1.14. The Bertz CT molecular complexity index is 1310. The van der Waals surface area contributed by atoms with E-state index in [1.807, 2.05) is 0 Å². The molecule has 0 aromatic heterocycles. The van der Waals surface area contributed by atoms with E-state index in [1.165, 1.54) is 31.2 Å². The molecule has 35 heavy (non-hydrogen) atoms. The van der Waals surface area contributed by atoms with E-state index in [1.54, 1.807) is 61.5 Å². The predicted molar refractivity (Wildman–Crippen MR) is 130 cm³/mol. The molecule has 3 aromatic carbocycles. The van der Waals surface area contributed by atoms with Crippen LogP contribution in [0.15, 0.2) is 84.0 Å². The molecule has 9 heteroatoms. The zero-order valence-electron chi connectivity index (χ0n) is 19.1. The molecular weight excluding hydrogens is 448 g/mol. The molecule has 3 rings (SSSR count). The summed E-state index contributed by atoms with van der Waals surface area (Å²) in [7, 11) is 0. The van der Waals surface area contributed by atoms with E-state index in [4.69, 9.17) is 4.74 Å².